The third-order valence-corrected chi connectivity index (χ3v) is 7.22. The summed E-state index contributed by atoms with van der Waals surface area (Å²) < 4.78 is 66.7. The summed E-state index contributed by atoms with van der Waals surface area (Å²) in [5.41, 5.74) is 1.50. The minimum atomic E-state index is -3.89. The van der Waals surface area contributed by atoms with Gasteiger partial charge in [-0.15, -0.1) is 6.58 Å². The molecule has 3 rings (SSSR count). The van der Waals surface area contributed by atoms with Gasteiger partial charge < -0.3 is 0 Å². The quantitative estimate of drug-likeness (QED) is 0.743. The van der Waals surface area contributed by atoms with Gasteiger partial charge in [0.25, 0.3) is 10.0 Å². The molecule has 144 valence electrons. The molecule has 0 spiro atoms. The first-order chi connectivity index (χ1) is 12.7. The van der Waals surface area contributed by atoms with E-state index in [2.05, 4.69) is 11.3 Å². The number of benzene rings is 2. The van der Waals surface area contributed by atoms with Crippen molar-refractivity contribution in [1.29, 1.82) is 0 Å². The average molecular weight is 410 g/mol. The summed E-state index contributed by atoms with van der Waals surface area (Å²) in [6.07, 6.45) is 2.59. The highest BCUT2D eigenvalue weighted by molar-refractivity contribution is 7.93. The summed E-state index contributed by atoms with van der Waals surface area (Å²) in [6.45, 7) is 3.67. The van der Waals surface area contributed by atoms with Crippen LogP contribution in [0.1, 0.15) is 12.0 Å². The van der Waals surface area contributed by atoms with Crippen LogP contribution < -0.4 is 9.03 Å². The smallest absolute Gasteiger partial charge is 0.264 e. The van der Waals surface area contributed by atoms with Crippen molar-refractivity contribution in [2.45, 2.75) is 17.7 Å². The number of hydrogen-bond acceptors (Lipinski definition) is 4. The molecule has 0 saturated carbocycles. The van der Waals surface area contributed by atoms with E-state index in [1.165, 1.54) is 28.6 Å². The second kappa shape index (κ2) is 7.32. The van der Waals surface area contributed by atoms with E-state index in [4.69, 9.17) is 0 Å². The summed E-state index contributed by atoms with van der Waals surface area (Å²) in [5.74, 6) is -0.770. The molecule has 0 fully saturated rings. The second-order valence-electron chi connectivity index (χ2n) is 6.15. The van der Waals surface area contributed by atoms with Gasteiger partial charge in [-0.2, -0.15) is 0 Å². The highest BCUT2D eigenvalue weighted by atomic mass is 32.2. The van der Waals surface area contributed by atoms with E-state index in [9.17, 15) is 21.2 Å². The number of anilines is 2. The second-order valence-corrected chi connectivity index (χ2v) is 9.78. The summed E-state index contributed by atoms with van der Waals surface area (Å²) in [6, 6.07) is 9.46. The van der Waals surface area contributed by atoms with Gasteiger partial charge in [0, 0.05) is 6.54 Å². The normalized spacial score (nSPS) is 14.5. The average Bonchev–Trinajstić information content (AvgIpc) is 2.61. The van der Waals surface area contributed by atoms with Crippen LogP contribution in [0.2, 0.25) is 0 Å². The fourth-order valence-corrected chi connectivity index (χ4v) is 5.38. The third kappa shape index (κ3) is 4.14. The molecule has 27 heavy (non-hydrogen) atoms. The van der Waals surface area contributed by atoms with Crippen molar-refractivity contribution in [1.82, 2.24) is 0 Å². The number of halogens is 1. The first kappa shape index (κ1) is 19.4. The molecule has 2 aromatic rings. The van der Waals surface area contributed by atoms with Gasteiger partial charge in [-0.1, -0.05) is 12.1 Å². The molecule has 9 heteroatoms. The molecule has 0 unspecified atom stereocenters. The number of sulfonamides is 2. The lowest BCUT2D eigenvalue weighted by molar-refractivity contribution is 0.585. The molecular formula is C18H19FN2O4S2. The van der Waals surface area contributed by atoms with Gasteiger partial charge in [0.2, 0.25) is 10.0 Å². The summed E-state index contributed by atoms with van der Waals surface area (Å²) in [7, 11) is -7.49. The lowest BCUT2D eigenvalue weighted by atomic mass is 10.0. The van der Waals surface area contributed by atoms with Crippen LogP contribution in [-0.2, 0) is 26.5 Å². The van der Waals surface area contributed by atoms with E-state index in [0.717, 1.165) is 17.7 Å². The van der Waals surface area contributed by atoms with Crippen molar-refractivity contribution in [3.8, 4) is 0 Å². The Morgan fingerprint density at radius 2 is 1.81 bits per heavy atom. The predicted molar refractivity (Wildman–Crippen MR) is 103 cm³/mol. The van der Waals surface area contributed by atoms with Crippen molar-refractivity contribution in [3.63, 3.8) is 0 Å². The number of hydrogen-bond donors (Lipinski definition) is 1. The van der Waals surface area contributed by atoms with Crippen LogP contribution in [0.25, 0.3) is 0 Å². The molecular weight excluding hydrogens is 391 g/mol. The minimum Gasteiger partial charge on any atom is -0.283 e. The molecule has 2 aromatic carbocycles. The van der Waals surface area contributed by atoms with Gasteiger partial charge in [-0.3, -0.25) is 9.03 Å². The molecule has 6 nitrogen and oxygen atoms in total. The van der Waals surface area contributed by atoms with E-state index in [0.29, 0.717) is 18.5 Å². The van der Waals surface area contributed by atoms with Gasteiger partial charge in [-0.05, 0) is 54.8 Å². The Kier molecular flexibility index (Phi) is 5.25. The molecule has 1 heterocycles. The topological polar surface area (TPSA) is 83.6 Å². The predicted octanol–water partition coefficient (Wildman–Crippen LogP) is 2.89. The number of aryl methyl sites for hydroxylation is 1. The molecule has 0 aromatic heterocycles. The van der Waals surface area contributed by atoms with E-state index in [1.54, 1.807) is 12.1 Å². The van der Waals surface area contributed by atoms with Crippen molar-refractivity contribution >= 4 is 31.4 Å². The zero-order chi connectivity index (χ0) is 19.7. The highest BCUT2D eigenvalue weighted by Gasteiger charge is 2.29. The van der Waals surface area contributed by atoms with E-state index < -0.39 is 25.9 Å². The summed E-state index contributed by atoms with van der Waals surface area (Å²) in [4.78, 5) is -0.0191. The largest absolute Gasteiger partial charge is 0.283 e. The Hall–Kier alpha value is -2.39. The van der Waals surface area contributed by atoms with Crippen molar-refractivity contribution in [2.24, 2.45) is 0 Å². The highest BCUT2D eigenvalue weighted by Crippen LogP contribution is 2.34. The third-order valence-electron chi connectivity index (χ3n) is 4.17. The van der Waals surface area contributed by atoms with Crippen LogP contribution in [0, 0.1) is 5.82 Å². The van der Waals surface area contributed by atoms with Crippen LogP contribution in [-0.4, -0.2) is 29.1 Å². The number of fused-ring (bicyclic) bond motifs is 1. The molecule has 0 aliphatic carbocycles. The van der Waals surface area contributed by atoms with Crippen LogP contribution in [0.4, 0.5) is 15.8 Å². The van der Waals surface area contributed by atoms with Crippen molar-refractivity contribution in [3.05, 3.63) is 66.5 Å². The van der Waals surface area contributed by atoms with Gasteiger partial charge >= 0.3 is 0 Å². The standard InChI is InChI=1S/C18H19FN2O4S2/c1-2-12-26(22,23)20-16-8-5-14-4-3-11-21(18(14)13-16)27(24,25)17-9-6-15(19)7-10-17/h2,5-10,13,20H,1,3-4,11-12H2. The molecule has 0 bridgehead atoms. The van der Waals surface area contributed by atoms with E-state index in [1.807, 2.05) is 0 Å². The van der Waals surface area contributed by atoms with Gasteiger partial charge in [0.05, 0.1) is 22.0 Å². The number of nitrogens with zero attached hydrogens (tertiary/aromatic N) is 1. The molecule has 1 aliphatic rings. The zero-order valence-electron chi connectivity index (χ0n) is 14.4. The zero-order valence-corrected chi connectivity index (χ0v) is 16.1. The monoisotopic (exact) mass is 410 g/mol. The minimum absolute atomic E-state index is 0.0191. The van der Waals surface area contributed by atoms with Crippen LogP contribution in [0.15, 0.2) is 60.0 Å². The first-order valence-electron chi connectivity index (χ1n) is 8.25. The Balaban J connectivity index is 2.01. The Bertz CT molecular complexity index is 1070. The Morgan fingerprint density at radius 1 is 1.11 bits per heavy atom. The maximum Gasteiger partial charge on any atom is 0.264 e. The molecule has 0 saturated heterocycles. The molecule has 0 radical (unpaired) electrons. The Morgan fingerprint density at radius 3 is 2.48 bits per heavy atom. The van der Waals surface area contributed by atoms with Gasteiger partial charge in [0.15, 0.2) is 0 Å². The maximum atomic E-state index is 13.1. The van der Waals surface area contributed by atoms with Gasteiger partial charge in [-0.25, -0.2) is 21.2 Å². The van der Waals surface area contributed by atoms with Crippen LogP contribution in [0.3, 0.4) is 0 Å². The van der Waals surface area contributed by atoms with Crippen molar-refractivity contribution in [2.75, 3.05) is 21.3 Å². The lowest BCUT2D eigenvalue weighted by Gasteiger charge is -2.31. The molecule has 0 amide bonds. The van der Waals surface area contributed by atoms with Gasteiger partial charge in [0.1, 0.15) is 5.82 Å². The number of nitrogens with one attached hydrogen (secondary N) is 1. The summed E-state index contributed by atoms with van der Waals surface area (Å²) >= 11 is 0. The SMILES string of the molecule is C=CCS(=O)(=O)Nc1ccc2c(c1)N(S(=O)(=O)c1ccc(F)cc1)CCC2. The molecule has 1 aliphatic heterocycles. The first-order valence-corrected chi connectivity index (χ1v) is 11.3. The van der Waals surface area contributed by atoms with Crippen LogP contribution in [0.5, 0.6) is 0 Å². The van der Waals surface area contributed by atoms with Crippen molar-refractivity contribution < 1.29 is 21.2 Å². The molecule has 1 N–H and O–H groups in total. The fraction of sp³-hybridized carbons (Fsp3) is 0.222. The Labute approximate surface area is 158 Å². The lowest BCUT2D eigenvalue weighted by Crippen LogP contribution is -2.35. The maximum absolute atomic E-state index is 13.1. The number of rotatable bonds is 6. The summed E-state index contributed by atoms with van der Waals surface area (Å²) in [5, 5.41) is 0. The van der Waals surface area contributed by atoms with E-state index in [-0.39, 0.29) is 22.9 Å². The fourth-order valence-electron chi connectivity index (χ4n) is 2.96. The van der Waals surface area contributed by atoms with Crippen LogP contribution >= 0.6 is 0 Å². The van der Waals surface area contributed by atoms with E-state index >= 15 is 0 Å². The molecule has 0 atom stereocenters.